The summed E-state index contributed by atoms with van der Waals surface area (Å²) in [6.45, 7) is 3.69. The van der Waals surface area contributed by atoms with Crippen LogP contribution in [0.25, 0.3) is 0 Å². The van der Waals surface area contributed by atoms with Crippen molar-refractivity contribution in [2.45, 2.75) is 63.7 Å². The fourth-order valence-electron chi connectivity index (χ4n) is 4.57. The fourth-order valence-corrected chi connectivity index (χ4v) is 4.57. The number of carboxylic acid groups (broad SMARTS) is 1. The van der Waals surface area contributed by atoms with E-state index in [1.165, 1.54) is 17.0 Å². The van der Waals surface area contributed by atoms with Crippen LogP contribution >= 0.6 is 0 Å². The second-order valence-electron chi connectivity index (χ2n) is 9.99. The highest BCUT2D eigenvalue weighted by molar-refractivity contribution is 5.94. The van der Waals surface area contributed by atoms with Crippen molar-refractivity contribution < 1.29 is 29.4 Å². The molecule has 1 fully saturated rings. The van der Waals surface area contributed by atoms with Gasteiger partial charge in [-0.1, -0.05) is 56.3 Å². The normalized spacial score (nSPS) is 17.5. The van der Waals surface area contributed by atoms with Gasteiger partial charge in [-0.25, -0.2) is 4.79 Å². The zero-order valence-electron chi connectivity index (χ0n) is 21.7. The Hall–Kier alpha value is -3.92. The molecule has 1 aliphatic heterocycles. The van der Waals surface area contributed by atoms with Gasteiger partial charge in [0, 0.05) is 13.0 Å². The number of carboxylic acids is 1. The molecule has 204 valence electrons. The van der Waals surface area contributed by atoms with Crippen molar-refractivity contribution in [1.29, 1.82) is 0 Å². The predicted octanol–water partition coefficient (Wildman–Crippen LogP) is 1.21. The van der Waals surface area contributed by atoms with Gasteiger partial charge in [0.2, 0.25) is 17.7 Å². The molecular formula is C28H36N4O6. The third-order valence-electron chi connectivity index (χ3n) is 6.69. The Morgan fingerprint density at radius 3 is 2.21 bits per heavy atom. The second-order valence-corrected chi connectivity index (χ2v) is 9.99. The van der Waals surface area contributed by atoms with E-state index in [9.17, 15) is 29.4 Å². The minimum absolute atomic E-state index is 0.0694. The number of nitrogens with zero attached hydrogens (tertiary/aromatic N) is 1. The highest BCUT2D eigenvalue weighted by atomic mass is 16.4. The Labute approximate surface area is 222 Å². The maximum Gasteiger partial charge on any atom is 0.326 e. The number of likely N-dealkylation sites (tertiary alicyclic amines) is 1. The zero-order chi connectivity index (χ0) is 27.8. The first-order valence-electron chi connectivity index (χ1n) is 12.8. The van der Waals surface area contributed by atoms with Gasteiger partial charge in [0.25, 0.3) is 0 Å². The van der Waals surface area contributed by atoms with Gasteiger partial charge in [-0.15, -0.1) is 0 Å². The number of hydrogen-bond acceptors (Lipinski definition) is 6. The number of rotatable bonds is 11. The van der Waals surface area contributed by atoms with Crippen LogP contribution in [-0.4, -0.2) is 69.5 Å². The molecule has 0 bridgehead atoms. The number of carbonyl (C=O) groups is 4. The van der Waals surface area contributed by atoms with Crippen LogP contribution in [0.4, 0.5) is 0 Å². The molecule has 6 N–H and O–H groups in total. The molecule has 2 aromatic carbocycles. The summed E-state index contributed by atoms with van der Waals surface area (Å²) in [7, 11) is 0. The number of amides is 3. The fraction of sp³-hybridized carbons (Fsp3) is 0.429. The van der Waals surface area contributed by atoms with Gasteiger partial charge >= 0.3 is 5.97 Å². The summed E-state index contributed by atoms with van der Waals surface area (Å²) < 4.78 is 0. The van der Waals surface area contributed by atoms with Crippen LogP contribution in [0.15, 0.2) is 54.6 Å². The summed E-state index contributed by atoms with van der Waals surface area (Å²) >= 11 is 0. The molecule has 4 atom stereocenters. The maximum atomic E-state index is 13.7. The van der Waals surface area contributed by atoms with Gasteiger partial charge < -0.3 is 31.5 Å². The summed E-state index contributed by atoms with van der Waals surface area (Å²) in [6, 6.07) is 11.7. The van der Waals surface area contributed by atoms with E-state index in [4.69, 9.17) is 5.73 Å². The van der Waals surface area contributed by atoms with E-state index in [0.717, 1.165) is 5.56 Å². The highest BCUT2D eigenvalue weighted by Crippen LogP contribution is 2.21. The first kappa shape index (κ1) is 28.6. The number of aromatic hydroxyl groups is 1. The molecule has 0 spiro atoms. The number of phenols is 1. The molecule has 0 aromatic heterocycles. The van der Waals surface area contributed by atoms with E-state index >= 15 is 0 Å². The number of aliphatic carboxylic acids is 1. The molecule has 1 aliphatic rings. The Morgan fingerprint density at radius 1 is 0.974 bits per heavy atom. The molecule has 10 nitrogen and oxygen atoms in total. The molecule has 4 unspecified atom stereocenters. The van der Waals surface area contributed by atoms with Crippen LogP contribution in [0.5, 0.6) is 5.75 Å². The number of hydrogen-bond donors (Lipinski definition) is 5. The molecule has 38 heavy (non-hydrogen) atoms. The minimum atomic E-state index is -1.14. The Kier molecular flexibility index (Phi) is 9.84. The van der Waals surface area contributed by atoms with E-state index in [0.29, 0.717) is 24.9 Å². The van der Waals surface area contributed by atoms with Gasteiger partial charge in [-0.2, -0.15) is 0 Å². The number of carbonyl (C=O) groups excluding carboxylic acids is 3. The summed E-state index contributed by atoms with van der Waals surface area (Å²) in [6.07, 6.45) is 1.36. The molecule has 0 radical (unpaired) electrons. The number of benzene rings is 2. The molecule has 3 amide bonds. The Balaban J connectivity index is 1.78. The minimum Gasteiger partial charge on any atom is -0.508 e. The van der Waals surface area contributed by atoms with Crippen LogP contribution in [-0.2, 0) is 32.0 Å². The van der Waals surface area contributed by atoms with Crippen molar-refractivity contribution in [3.8, 4) is 5.75 Å². The maximum absolute atomic E-state index is 13.7. The van der Waals surface area contributed by atoms with Crippen LogP contribution in [0, 0.1) is 5.92 Å². The lowest BCUT2D eigenvalue weighted by Gasteiger charge is -2.30. The lowest BCUT2D eigenvalue weighted by atomic mass is 10.0. The van der Waals surface area contributed by atoms with Crippen LogP contribution in [0.2, 0.25) is 0 Å². The van der Waals surface area contributed by atoms with Gasteiger partial charge in [0.15, 0.2) is 0 Å². The highest BCUT2D eigenvalue weighted by Gasteiger charge is 2.39. The van der Waals surface area contributed by atoms with Crippen LogP contribution in [0.1, 0.15) is 37.8 Å². The largest absolute Gasteiger partial charge is 0.508 e. The van der Waals surface area contributed by atoms with Crippen molar-refractivity contribution in [1.82, 2.24) is 15.5 Å². The monoisotopic (exact) mass is 524 g/mol. The number of nitrogens with two attached hydrogens (primary N) is 1. The Morgan fingerprint density at radius 2 is 1.61 bits per heavy atom. The van der Waals surface area contributed by atoms with Gasteiger partial charge in [-0.3, -0.25) is 14.4 Å². The molecular weight excluding hydrogens is 488 g/mol. The summed E-state index contributed by atoms with van der Waals surface area (Å²) in [5.74, 6) is -2.90. The average Bonchev–Trinajstić information content (AvgIpc) is 3.38. The molecule has 0 saturated carbocycles. The van der Waals surface area contributed by atoms with E-state index in [2.05, 4.69) is 10.6 Å². The molecule has 0 aliphatic carbocycles. The van der Waals surface area contributed by atoms with Crippen LogP contribution < -0.4 is 16.4 Å². The van der Waals surface area contributed by atoms with Crippen molar-refractivity contribution >= 4 is 23.7 Å². The molecule has 10 heteroatoms. The van der Waals surface area contributed by atoms with Crippen molar-refractivity contribution in [2.75, 3.05) is 6.54 Å². The lowest BCUT2D eigenvalue weighted by Crippen LogP contribution is -2.58. The molecule has 3 rings (SSSR count). The average molecular weight is 525 g/mol. The predicted molar refractivity (Wildman–Crippen MR) is 141 cm³/mol. The first-order chi connectivity index (χ1) is 18.1. The molecule has 1 saturated heterocycles. The molecule has 1 heterocycles. The summed E-state index contributed by atoms with van der Waals surface area (Å²) in [5, 5.41) is 24.4. The van der Waals surface area contributed by atoms with Gasteiger partial charge in [0.05, 0.1) is 6.04 Å². The van der Waals surface area contributed by atoms with E-state index in [1.807, 2.05) is 30.3 Å². The Bertz CT molecular complexity index is 1120. The topological polar surface area (TPSA) is 162 Å². The van der Waals surface area contributed by atoms with Gasteiger partial charge in [-0.05, 0) is 48.4 Å². The van der Waals surface area contributed by atoms with Crippen molar-refractivity contribution in [2.24, 2.45) is 11.7 Å². The standard InChI is InChI=1S/C28H36N4O6/c1-17(2)24(28(37)38)31-26(35)23-9-6-14-32(23)27(36)22(16-19-10-12-20(33)13-11-19)30-25(34)21(29)15-18-7-4-3-5-8-18/h3-5,7-8,10-13,17,21-24,33H,6,9,14-16,29H2,1-2H3,(H,30,34)(H,31,35)(H,37,38). The quantitative estimate of drug-likeness (QED) is 0.295. The van der Waals surface area contributed by atoms with Crippen molar-refractivity contribution in [3.63, 3.8) is 0 Å². The number of phenolic OH excluding ortho intramolecular Hbond substituents is 1. The third kappa shape index (κ3) is 7.55. The second kappa shape index (κ2) is 13.0. The van der Waals surface area contributed by atoms with Crippen molar-refractivity contribution in [3.05, 3.63) is 65.7 Å². The smallest absolute Gasteiger partial charge is 0.326 e. The third-order valence-corrected chi connectivity index (χ3v) is 6.69. The first-order valence-corrected chi connectivity index (χ1v) is 12.8. The SMILES string of the molecule is CC(C)C(NC(=O)C1CCCN1C(=O)C(Cc1ccc(O)cc1)NC(=O)C(N)Cc1ccccc1)C(=O)O. The van der Waals surface area contributed by atoms with E-state index in [-0.39, 0.29) is 24.5 Å². The summed E-state index contributed by atoms with van der Waals surface area (Å²) in [4.78, 5) is 52.8. The van der Waals surface area contributed by atoms with Crippen LogP contribution in [0.3, 0.4) is 0 Å². The van der Waals surface area contributed by atoms with E-state index in [1.54, 1.807) is 26.0 Å². The van der Waals surface area contributed by atoms with E-state index < -0.39 is 47.9 Å². The molecule has 2 aromatic rings. The zero-order valence-corrected chi connectivity index (χ0v) is 21.7. The lowest BCUT2D eigenvalue weighted by molar-refractivity contribution is -0.145. The summed E-state index contributed by atoms with van der Waals surface area (Å²) in [5.41, 5.74) is 7.74. The number of nitrogens with one attached hydrogen (secondary N) is 2. The van der Waals surface area contributed by atoms with Gasteiger partial charge in [0.1, 0.15) is 23.9 Å².